The molecule has 0 atom stereocenters. The molecule has 1 aromatic heterocycles. The number of rotatable bonds is 6. The normalized spacial score (nSPS) is 10.5. The Bertz CT molecular complexity index is 565. The summed E-state index contributed by atoms with van der Waals surface area (Å²) in [5.41, 5.74) is 2.20. The van der Waals surface area contributed by atoms with Gasteiger partial charge >= 0.3 is 0 Å². The molecule has 0 fully saturated rings. The summed E-state index contributed by atoms with van der Waals surface area (Å²) >= 11 is 0. The summed E-state index contributed by atoms with van der Waals surface area (Å²) in [5, 5.41) is 3.37. The molecule has 1 heterocycles. The molecule has 0 aliphatic rings. The number of benzene rings is 1. The van der Waals surface area contributed by atoms with Crippen LogP contribution in [-0.4, -0.2) is 25.2 Å². The molecular weight excluding hydrogens is 262 g/mol. The Morgan fingerprint density at radius 1 is 1.19 bits per heavy atom. The lowest BCUT2D eigenvalue weighted by molar-refractivity contribution is 0.242. The molecule has 112 valence electrons. The van der Waals surface area contributed by atoms with Gasteiger partial charge in [-0.2, -0.15) is 0 Å². The fourth-order valence-electron chi connectivity index (χ4n) is 1.96. The van der Waals surface area contributed by atoms with Crippen LogP contribution in [-0.2, 0) is 6.54 Å². The molecule has 0 radical (unpaired) electrons. The highest BCUT2D eigenvalue weighted by Crippen LogP contribution is 2.17. The monoisotopic (exact) mass is 285 g/mol. The van der Waals surface area contributed by atoms with E-state index >= 15 is 0 Å². The smallest absolute Gasteiger partial charge is 0.128 e. The van der Waals surface area contributed by atoms with Gasteiger partial charge < -0.3 is 15.0 Å². The topological polar surface area (TPSA) is 37.4 Å². The second kappa shape index (κ2) is 6.97. The van der Waals surface area contributed by atoms with E-state index in [2.05, 4.69) is 22.4 Å². The summed E-state index contributed by atoms with van der Waals surface area (Å²) in [6.45, 7) is 4.81. The minimum absolute atomic E-state index is 0.191. The van der Waals surface area contributed by atoms with Crippen LogP contribution in [0, 0.1) is 0 Å². The Labute approximate surface area is 126 Å². The van der Waals surface area contributed by atoms with Crippen molar-refractivity contribution >= 4 is 11.5 Å². The summed E-state index contributed by atoms with van der Waals surface area (Å²) in [5.74, 6) is 1.86. The minimum atomic E-state index is 0.191. The van der Waals surface area contributed by atoms with Crippen molar-refractivity contribution in [2.24, 2.45) is 0 Å². The van der Waals surface area contributed by atoms with Gasteiger partial charge in [0.05, 0.1) is 18.0 Å². The average molecular weight is 285 g/mol. The molecule has 1 aromatic carbocycles. The summed E-state index contributed by atoms with van der Waals surface area (Å²) in [7, 11) is 3.96. The first-order valence-corrected chi connectivity index (χ1v) is 7.17. The van der Waals surface area contributed by atoms with E-state index in [0.717, 1.165) is 23.8 Å². The van der Waals surface area contributed by atoms with Crippen LogP contribution < -0.4 is 15.0 Å². The molecule has 0 saturated carbocycles. The van der Waals surface area contributed by atoms with Crippen molar-refractivity contribution < 1.29 is 4.74 Å². The van der Waals surface area contributed by atoms with Gasteiger partial charge in [-0.15, -0.1) is 0 Å². The van der Waals surface area contributed by atoms with Crippen LogP contribution in [0.1, 0.15) is 19.4 Å². The summed E-state index contributed by atoms with van der Waals surface area (Å²) in [6.07, 6.45) is 2.04. The number of aromatic nitrogens is 1. The van der Waals surface area contributed by atoms with Crippen molar-refractivity contribution in [2.45, 2.75) is 26.5 Å². The van der Waals surface area contributed by atoms with Crippen molar-refractivity contribution in [3.8, 4) is 5.75 Å². The molecule has 0 aliphatic heterocycles. The first-order chi connectivity index (χ1) is 10.0. The van der Waals surface area contributed by atoms with E-state index in [4.69, 9.17) is 4.74 Å². The number of ether oxygens (including phenoxy) is 1. The summed E-state index contributed by atoms with van der Waals surface area (Å²) in [6, 6.07) is 12.2. The van der Waals surface area contributed by atoms with Gasteiger partial charge in [-0.05, 0) is 43.7 Å². The fraction of sp³-hybridized carbons (Fsp3) is 0.353. The number of anilines is 2. The van der Waals surface area contributed by atoms with Gasteiger partial charge in [-0.1, -0.05) is 12.1 Å². The number of pyridine rings is 1. The van der Waals surface area contributed by atoms with Crippen molar-refractivity contribution in [1.82, 2.24) is 4.98 Å². The van der Waals surface area contributed by atoms with Gasteiger partial charge in [0.2, 0.25) is 0 Å². The Morgan fingerprint density at radius 3 is 2.62 bits per heavy atom. The van der Waals surface area contributed by atoms with E-state index in [1.165, 1.54) is 5.56 Å². The second-order valence-electron chi connectivity index (χ2n) is 5.47. The number of hydrogen-bond donors (Lipinski definition) is 1. The zero-order valence-electron chi connectivity index (χ0n) is 13.1. The lowest BCUT2D eigenvalue weighted by atomic mass is 10.2. The highest BCUT2D eigenvalue weighted by Gasteiger charge is 2.01. The average Bonchev–Trinajstić information content (AvgIpc) is 2.45. The van der Waals surface area contributed by atoms with E-state index in [0.29, 0.717) is 0 Å². The molecule has 0 spiro atoms. The van der Waals surface area contributed by atoms with E-state index in [-0.39, 0.29) is 6.10 Å². The van der Waals surface area contributed by atoms with E-state index in [1.54, 1.807) is 0 Å². The van der Waals surface area contributed by atoms with Gasteiger partial charge in [0, 0.05) is 20.6 Å². The molecule has 0 unspecified atom stereocenters. The molecular formula is C17H23N3O. The molecule has 0 aliphatic carbocycles. The maximum atomic E-state index is 5.70. The zero-order valence-corrected chi connectivity index (χ0v) is 13.1. The van der Waals surface area contributed by atoms with Crippen LogP contribution in [0.5, 0.6) is 5.75 Å². The molecule has 2 rings (SSSR count). The van der Waals surface area contributed by atoms with Gasteiger partial charge in [-0.3, -0.25) is 0 Å². The first kappa shape index (κ1) is 15.2. The van der Waals surface area contributed by atoms with Crippen LogP contribution >= 0.6 is 0 Å². The van der Waals surface area contributed by atoms with E-state index in [9.17, 15) is 0 Å². The van der Waals surface area contributed by atoms with Crippen LogP contribution in [0.15, 0.2) is 42.6 Å². The SMILES string of the molecule is CC(C)Oc1cccc(CNc2ccc(N(C)C)nc2)c1. The van der Waals surface area contributed by atoms with Crippen molar-refractivity contribution in [2.75, 3.05) is 24.3 Å². The van der Waals surface area contributed by atoms with Gasteiger partial charge in [0.15, 0.2) is 0 Å². The lowest BCUT2D eigenvalue weighted by Crippen LogP contribution is -2.10. The number of hydrogen-bond acceptors (Lipinski definition) is 4. The predicted molar refractivity (Wildman–Crippen MR) is 88.1 cm³/mol. The van der Waals surface area contributed by atoms with Crippen LogP contribution in [0.4, 0.5) is 11.5 Å². The third-order valence-corrected chi connectivity index (χ3v) is 2.97. The largest absolute Gasteiger partial charge is 0.491 e. The maximum Gasteiger partial charge on any atom is 0.128 e. The second-order valence-corrected chi connectivity index (χ2v) is 5.47. The van der Waals surface area contributed by atoms with Crippen LogP contribution in [0.3, 0.4) is 0 Å². The highest BCUT2D eigenvalue weighted by atomic mass is 16.5. The molecule has 4 heteroatoms. The Morgan fingerprint density at radius 2 is 2.00 bits per heavy atom. The highest BCUT2D eigenvalue weighted by molar-refractivity contribution is 5.48. The Hall–Kier alpha value is -2.23. The molecule has 0 amide bonds. The summed E-state index contributed by atoms with van der Waals surface area (Å²) < 4.78 is 5.70. The zero-order chi connectivity index (χ0) is 15.2. The minimum Gasteiger partial charge on any atom is -0.491 e. The van der Waals surface area contributed by atoms with Gasteiger partial charge in [-0.25, -0.2) is 4.98 Å². The van der Waals surface area contributed by atoms with Gasteiger partial charge in [0.25, 0.3) is 0 Å². The molecule has 1 N–H and O–H groups in total. The molecule has 0 bridgehead atoms. The lowest BCUT2D eigenvalue weighted by Gasteiger charge is -2.13. The molecule has 4 nitrogen and oxygen atoms in total. The van der Waals surface area contributed by atoms with E-state index in [1.807, 2.05) is 63.3 Å². The molecule has 0 saturated heterocycles. The Kier molecular flexibility index (Phi) is 5.04. The van der Waals surface area contributed by atoms with Crippen molar-refractivity contribution in [1.29, 1.82) is 0 Å². The van der Waals surface area contributed by atoms with Crippen LogP contribution in [0.25, 0.3) is 0 Å². The molecule has 2 aromatic rings. The third kappa shape index (κ3) is 4.67. The summed E-state index contributed by atoms with van der Waals surface area (Å²) in [4.78, 5) is 6.37. The van der Waals surface area contributed by atoms with Crippen LogP contribution in [0.2, 0.25) is 0 Å². The first-order valence-electron chi connectivity index (χ1n) is 7.17. The van der Waals surface area contributed by atoms with Crippen molar-refractivity contribution in [3.05, 3.63) is 48.2 Å². The quantitative estimate of drug-likeness (QED) is 0.881. The van der Waals surface area contributed by atoms with Gasteiger partial charge in [0.1, 0.15) is 11.6 Å². The van der Waals surface area contributed by atoms with Crippen molar-refractivity contribution in [3.63, 3.8) is 0 Å². The standard InChI is InChI=1S/C17H23N3O/c1-13(2)21-16-7-5-6-14(10-16)11-18-15-8-9-17(19-12-15)20(3)4/h5-10,12-13,18H,11H2,1-4H3. The number of nitrogens with one attached hydrogen (secondary N) is 1. The fourth-order valence-corrected chi connectivity index (χ4v) is 1.96. The number of nitrogens with zero attached hydrogens (tertiary/aromatic N) is 2. The van der Waals surface area contributed by atoms with E-state index < -0.39 is 0 Å². The predicted octanol–water partition coefficient (Wildman–Crippen LogP) is 3.55. The Balaban J connectivity index is 1.96. The third-order valence-electron chi connectivity index (χ3n) is 2.97. The molecule has 21 heavy (non-hydrogen) atoms. The maximum absolute atomic E-state index is 5.70.